The van der Waals surface area contributed by atoms with Crippen molar-refractivity contribution in [2.45, 2.75) is 45.1 Å². The Bertz CT molecular complexity index is 162. The van der Waals surface area contributed by atoms with Gasteiger partial charge in [0.25, 0.3) is 0 Å². The number of quaternary nitrogens is 1. The summed E-state index contributed by atoms with van der Waals surface area (Å²) >= 11 is 0. The molecule has 0 aromatic heterocycles. The molecule has 0 aliphatic carbocycles. The molecule has 1 atom stereocenters. The Morgan fingerprint density at radius 1 is 1.21 bits per heavy atom. The van der Waals surface area contributed by atoms with Crippen molar-refractivity contribution in [3.8, 4) is 0 Å². The lowest BCUT2D eigenvalue weighted by Crippen LogP contribution is -3.16. The minimum atomic E-state index is 0.851. The molecular formula is C12H25N2+. The zero-order chi connectivity index (χ0) is 9.80. The number of unbranched alkanes of at least 4 members (excludes halogenated alkanes) is 2. The molecule has 3 rings (SSSR count). The highest BCUT2D eigenvalue weighted by Crippen LogP contribution is 2.18. The van der Waals surface area contributed by atoms with Crippen molar-refractivity contribution >= 4 is 0 Å². The first-order valence-corrected chi connectivity index (χ1v) is 6.47. The van der Waals surface area contributed by atoms with Crippen LogP contribution in [0.4, 0.5) is 0 Å². The molecule has 3 aliphatic rings. The van der Waals surface area contributed by atoms with Gasteiger partial charge in [0.15, 0.2) is 0 Å². The van der Waals surface area contributed by atoms with E-state index in [9.17, 15) is 0 Å². The highest BCUT2D eigenvalue weighted by atomic mass is 15.2. The fourth-order valence-electron chi connectivity index (χ4n) is 3.03. The number of piperidine rings is 3. The smallest absolute Gasteiger partial charge is 0.0929 e. The first-order chi connectivity index (χ1) is 6.90. The monoisotopic (exact) mass is 197 g/mol. The van der Waals surface area contributed by atoms with Crippen LogP contribution in [0, 0.1) is 5.92 Å². The van der Waals surface area contributed by atoms with Gasteiger partial charge < -0.3 is 10.2 Å². The largest absolute Gasteiger partial charge is 0.334 e. The first-order valence-electron chi connectivity index (χ1n) is 6.47. The molecule has 2 nitrogen and oxygen atoms in total. The Labute approximate surface area is 88.1 Å². The summed E-state index contributed by atoms with van der Waals surface area (Å²) in [7, 11) is 0. The highest BCUT2D eigenvalue weighted by Gasteiger charge is 2.36. The first kappa shape index (κ1) is 10.4. The molecule has 0 spiro atoms. The van der Waals surface area contributed by atoms with Crippen molar-refractivity contribution in [3.63, 3.8) is 0 Å². The van der Waals surface area contributed by atoms with E-state index in [2.05, 4.69) is 12.2 Å². The van der Waals surface area contributed by atoms with Gasteiger partial charge in [0.2, 0.25) is 0 Å². The van der Waals surface area contributed by atoms with Crippen molar-refractivity contribution < 1.29 is 4.90 Å². The van der Waals surface area contributed by atoms with Gasteiger partial charge in [0, 0.05) is 12.8 Å². The molecule has 2 heteroatoms. The minimum Gasteiger partial charge on any atom is -0.334 e. The lowest BCUT2D eigenvalue weighted by molar-refractivity contribution is -0.917. The van der Waals surface area contributed by atoms with Gasteiger partial charge in [-0.3, -0.25) is 0 Å². The van der Waals surface area contributed by atoms with Crippen molar-refractivity contribution in [1.29, 1.82) is 0 Å². The molecule has 14 heavy (non-hydrogen) atoms. The van der Waals surface area contributed by atoms with Gasteiger partial charge in [-0.05, 0) is 18.9 Å². The van der Waals surface area contributed by atoms with Crippen LogP contribution in [-0.2, 0) is 0 Å². The fourth-order valence-corrected chi connectivity index (χ4v) is 3.03. The standard InChI is InChI=1S/C12H24N2/c1-2-3-4-7-13-12-10-14-8-5-11(12)6-9-14/h11-13H,2-10H2,1H3/p+1. The molecule has 1 unspecified atom stereocenters. The quantitative estimate of drug-likeness (QED) is 0.612. The second-order valence-electron chi connectivity index (χ2n) is 5.06. The SMILES string of the molecule is CCCCCNC1C[NH+]2CCC1CC2. The molecule has 0 amide bonds. The van der Waals surface area contributed by atoms with Crippen LogP contribution in [0.25, 0.3) is 0 Å². The predicted molar refractivity (Wildman–Crippen MR) is 59.6 cm³/mol. The average molecular weight is 197 g/mol. The van der Waals surface area contributed by atoms with E-state index in [4.69, 9.17) is 0 Å². The van der Waals surface area contributed by atoms with E-state index >= 15 is 0 Å². The third-order valence-corrected chi connectivity index (χ3v) is 4.00. The van der Waals surface area contributed by atoms with Crippen LogP contribution in [-0.4, -0.2) is 32.2 Å². The molecule has 0 radical (unpaired) electrons. The summed E-state index contributed by atoms with van der Waals surface area (Å²) in [5.74, 6) is 1.01. The molecule has 3 heterocycles. The van der Waals surface area contributed by atoms with Gasteiger partial charge in [-0.2, -0.15) is 0 Å². The van der Waals surface area contributed by atoms with Crippen LogP contribution < -0.4 is 10.2 Å². The fraction of sp³-hybridized carbons (Fsp3) is 1.00. The number of hydrogen-bond acceptors (Lipinski definition) is 1. The molecule has 82 valence electrons. The molecule has 2 bridgehead atoms. The Hall–Kier alpha value is -0.0800. The van der Waals surface area contributed by atoms with Gasteiger partial charge in [-0.15, -0.1) is 0 Å². The van der Waals surface area contributed by atoms with Crippen LogP contribution in [0.15, 0.2) is 0 Å². The van der Waals surface area contributed by atoms with Crippen molar-refractivity contribution in [2.75, 3.05) is 26.2 Å². The van der Waals surface area contributed by atoms with E-state index in [1.165, 1.54) is 58.3 Å². The van der Waals surface area contributed by atoms with Crippen LogP contribution in [0.3, 0.4) is 0 Å². The maximum absolute atomic E-state index is 3.77. The van der Waals surface area contributed by atoms with Crippen molar-refractivity contribution in [1.82, 2.24) is 5.32 Å². The lowest BCUT2D eigenvalue weighted by Gasteiger charge is -2.42. The number of hydrogen-bond donors (Lipinski definition) is 2. The van der Waals surface area contributed by atoms with Crippen LogP contribution >= 0.6 is 0 Å². The maximum Gasteiger partial charge on any atom is 0.0929 e. The summed E-state index contributed by atoms with van der Waals surface area (Å²) in [6.45, 7) is 7.81. The van der Waals surface area contributed by atoms with E-state index in [1.54, 1.807) is 0 Å². The molecule has 3 fully saturated rings. The zero-order valence-corrected chi connectivity index (χ0v) is 9.52. The Kier molecular flexibility index (Phi) is 3.82. The van der Waals surface area contributed by atoms with Gasteiger partial charge >= 0.3 is 0 Å². The summed E-state index contributed by atoms with van der Waals surface area (Å²) in [5, 5.41) is 3.77. The lowest BCUT2D eigenvalue weighted by atomic mass is 9.84. The second kappa shape index (κ2) is 5.13. The van der Waals surface area contributed by atoms with E-state index in [1.807, 2.05) is 4.90 Å². The summed E-state index contributed by atoms with van der Waals surface area (Å²) < 4.78 is 0. The van der Waals surface area contributed by atoms with E-state index in [-0.39, 0.29) is 0 Å². The van der Waals surface area contributed by atoms with Crippen molar-refractivity contribution in [2.24, 2.45) is 5.92 Å². The Morgan fingerprint density at radius 2 is 2.00 bits per heavy atom. The third kappa shape index (κ3) is 2.48. The number of nitrogens with one attached hydrogen (secondary N) is 2. The third-order valence-electron chi connectivity index (χ3n) is 4.00. The van der Waals surface area contributed by atoms with Crippen LogP contribution in [0.1, 0.15) is 39.0 Å². The molecule has 0 aromatic rings. The van der Waals surface area contributed by atoms with Gasteiger partial charge in [0.1, 0.15) is 0 Å². The highest BCUT2D eigenvalue weighted by molar-refractivity contribution is 4.81. The maximum atomic E-state index is 3.77. The summed E-state index contributed by atoms with van der Waals surface area (Å²) in [5.41, 5.74) is 0. The summed E-state index contributed by atoms with van der Waals surface area (Å²) in [6, 6.07) is 0.851. The number of fused-ring (bicyclic) bond motifs is 3. The van der Waals surface area contributed by atoms with E-state index in [0.29, 0.717) is 0 Å². The Balaban J connectivity index is 1.66. The average Bonchev–Trinajstić information content (AvgIpc) is 2.26. The van der Waals surface area contributed by atoms with E-state index < -0.39 is 0 Å². The van der Waals surface area contributed by atoms with E-state index in [0.717, 1.165) is 12.0 Å². The van der Waals surface area contributed by atoms with Gasteiger partial charge in [0.05, 0.1) is 25.7 Å². The van der Waals surface area contributed by atoms with Gasteiger partial charge in [-0.1, -0.05) is 19.8 Å². The van der Waals surface area contributed by atoms with Crippen LogP contribution in [0.5, 0.6) is 0 Å². The second-order valence-corrected chi connectivity index (χ2v) is 5.06. The molecule has 2 N–H and O–H groups in total. The van der Waals surface area contributed by atoms with Crippen molar-refractivity contribution in [3.05, 3.63) is 0 Å². The molecular weight excluding hydrogens is 172 g/mol. The summed E-state index contributed by atoms with van der Waals surface area (Å²) in [4.78, 5) is 1.85. The number of rotatable bonds is 5. The predicted octanol–water partition coefficient (Wildman–Crippen LogP) is 0.443. The molecule has 3 saturated heterocycles. The molecule has 0 saturated carbocycles. The topological polar surface area (TPSA) is 16.5 Å². The van der Waals surface area contributed by atoms with Crippen LogP contribution in [0.2, 0.25) is 0 Å². The zero-order valence-electron chi connectivity index (χ0n) is 9.52. The normalized spacial score (nSPS) is 36.2. The van der Waals surface area contributed by atoms with Gasteiger partial charge in [-0.25, -0.2) is 0 Å². The molecule has 3 aliphatic heterocycles. The molecule has 0 aromatic carbocycles. The minimum absolute atomic E-state index is 0.851. The summed E-state index contributed by atoms with van der Waals surface area (Å²) in [6.07, 6.45) is 7.05. The Morgan fingerprint density at radius 3 is 2.57 bits per heavy atom.